The molecule has 0 saturated heterocycles. The quantitative estimate of drug-likeness (QED) is 0.165. The molecule has 0 aliphatic heterocycles. The lowest BCUT2D eigenvalue weighted by molar-refractivity contribution is 0.673. The van der Waals surface area contributed by atoms with E-state index in [0.717, 1.165) is 62.7 Å². The summed E-state index contributed by atoms with van der Waals surface area (Å²) in [7, 11) is 0. The number of anilines is 2. The molecule has 1 aliphatic carbocycles. The number of hydrogen-bond acceptors (Lipinski definition) is 2. The highest BCUT2D eigenvalue weighted by molar-refractivity contribution is 6.19. The predicted molar refractivity (Wildman–Crippen MR) is 228 cm³/mol. The number of para-hydroxylation sites is 1. The largest absolute Gasteiger partial charge is 0.455 e. The number of nitrogens with zero attached hydrogens (tertiary/aromatic N) is 1. The minimum absolute atomic E-state index is 0.900. The molecule has 0 fully saturated rings. The fourth-order valence-electron chi connectivity index (χ4n) is 8.06. The van der Waals surface area contributed by atoms with Gasteiger partial charge in [0.1, 0.15) is 11.2 Å². The van der Waals surface area contributed by atoms with Crippen molar-refractivity contribution in [3.8, 4) is 33.4 Å². The van der Waals surface area contributed by atoms with Crippen LogP contribution >= 0.6 is 0 Å². The maximum Gasteiger partial charge on any atom is 0.143 e. The third-order valence-electron chi connectivity index (χ3n) is 10.8. The standard InChI is InChI=1S/C52H37NO/c1-4-12-36(13-5-1)37-20-22-38(23-21-37)39-24-29-44(30-25-39)53(43-16-8-3-9-17-43)45-31-26-40(27-32-45)42-28-33-47-50-35-49(41-14-6-2-7-15-41)46-18-10-11-19-48(46)52(50)54-51(47)34-42/h1-24,26-29,31-35H,25,30H2. The van der Waals surface area contributed by atoms with Crippen LogP contribution in [0.5, 0.6) is 0 Å². The lowest BCUT2D eigenvalue weighted by Gasteiger charge is -2.30. The first-order chi connectivity index (χ1) is 26.8. The number of hydrogen-bond donors (Lipinski definition) is 0. The summed E-state index contributed by atoms with van der Waals surface area (Å²) in [6.45, 7) is 0. The summed E-state index contributed by atoms with van der Waals surface area (Å²) in [5.41, 5.74) is 15.3. The van der Waals surface area contributed by atoms with E-state index in [0.29, 0.717) is 0 Å². The maximum absolute atomic E-state index is 6.66. The molecule has 1 aromatic heterocycles. The molecular weight excluding hydrogens is 655 g/mol. The van der Waals surface area contributed by atoms with Gasteiger partial charge in [0.15, 0.2) is 0 Å². The van der Waals surface area contributed by atoms with Gasteiger partial charge < -0.3 is 9.32 Å². The SMILES string of the molecule is C1=C(c2ccc(-c3ccccc3)cc2)CCC(N(c2ccccc2)c2ccc(-c3ccc4c(c3)oc3c5ccccc5c(-c5ccccc5)cc43)cc2)=C1. The number of rotatable bonds is 7. The van der Waals surface area contributed by atoms with Crippen LogP contribution < -0.4 is 4.90 Å². The molecule has 2 heteroatoms. The van der Waals surface area contributed by atoms with Crippen LogP contribution in [0.2, 0.25) is 0 Å². The van der Waals surface area contributed by atoms with Gasteiger partial charge in [0.05, 0.1) is 0 Å². The Kier molecular flexibility index (Phi) is 8.00. The first-order valence-corrected chi connectivity index (χ1v) is 18.7. The van der Waals surface area contributed by atoms with Gasteiger partial charge in [0, 0.05) is 33.2 Å². The van der Waals surface area contributed by atoms with E-state index in [1.165, 1.54) is 44.5 Å². The number of benzene rings is 8. The molecule has 54 heavy (non-hydrogen) atoms. The van der Waals surface area contributed by atoms with Crippen LogP contribution in [-0.4, -0.2) is 0 Å². The maximum atomic E-state index is 6.66. The van der Waals surface area contributed by atoms with Crippen molar-refractivity contribution in [2.75, 3.05) is 4.90 Å². The third-order valence-corrected chi connectivity index (χ3v) is 10.8. The summed E-state index contributed by atoms with van der Waals surface area (Å²) in [5, 5.41) is 4.61. The summed E-state index contributed by atoms with van der Waals surface area (Å²) in [6, 6.07) is 67.3. The summed E-state index contributed by atoms with van der Waals surface area (Å²) in [4.78, 5) is 2.40. The zero-order chi connectivity index (χ0) is 35.8. The van der Waals surface area contributed by atoms with Crippen LogP contribution in [0.15, 0.2) is 210 Å². The second-order valence-electron chi connectivity index (χ2n) is 14.0. The zero-order valence-electron chi connectivity index (χ0n) is 29.8. The van der Waals surface area contributed by atoms with Gasteiger partial charge in [-0.15, -0.1) is 0 Å². The summed E-state index contributed by atoms with van der Waals surface area (Å²) in [6.07, 6.45) is 6.53. The fourth-order valence-corrected chi connectivity index (χ4v) is 8.06. The molecule has 256 valence electrons. The van der Waals surface area contributed by atoms with Crippen LogP contribution in [0, 0.1) is 0 Å². The molecule has 0 atom stereocenters. The second-order valence-corrected chi connectivity index (χ2v) is 14.0. The molecule has 0 N–H and O–H groups in total. The van der Waals surface area contributed by atoms with E-state index in [1.807, 2.05) is 0 Å². The lowest BCUT2D eigenvalue weighted by atomic mass is 9.93. The molecule has 0 unspecified atom stereocenters. The summed E-state index contributed by atoms with van der Waals surface area (Å²) in [5.74, 6) is 0. The first-order valence-electron chi connectivity index (χ1n) is 18.7. The molecule has 1 aliphatic rings. The highest BCUT2D eigenvalue weighted by atomic mass is 16.3. The van der Waals surface area contributed by atoms with E-state index in [4.69, 9.17) is 4.42 Å². The Morgan fingerprint density at radius 3 is 1.63 bits per heavy atom. The fraction of sp³-hybridized carbons (Fsp3) is 0.0385. The Balaban J connectivity index is 0.971. The molecule has 1 heterocycles. The van der Waals surface area contributed by atoms with E-state index in [2.05, 4.69) is 205 Å². The van der Waals surface area contributed by atoms with E-state index in [-0.39, 0.29) is 0 Å². The monoisotopic (exact) mass is 691 g/mol. The Bertz CT molecular complexity index is 2830. The van der Waals surface area contributed by atoms with Gasteiger partial charge in [-0.2, -0.15) is 0 Å². The number of furan rings is 1. The van der Waals surface area contributed by atoms with Crippen molar-refractivity contribution in [2.24, 2.45) is 0 Å². The van der Waals surface area contributed by atoms with E-state index in [9.17, 15) is 0 Å². The Morgan fingerprint density at radius 1 is 0.370 bits per heavy atom. The minimum atomic E-state index is 0.900. The smallest absolute Gasteiger partial charge is 0.143 e. The Labute approximate surface area is 315 Å². The molecule has 0 amide bonds. The normalized spacial score (nSPS) is 12.9. The van der Waals surface area contributed by atoms with Crippen molar-refractivity contribution < 1.29 is 4.42 Å². The van der Waals surface area contributed by atoms with Gasteiger partial charge in [0.2, 0.25) is 0 Å². The average Bonchev–Trinajstić information content (AvgIpc) is 3.63. The van der Waals surface area contributed by atoms with E-state index >= 15 is 0 Å². The van der Waals surface area contributed by atoms with Gasteiger partial charge in [-0.05, 0) is 111 Å². The molecule has 2 nitrogen and oxygen atoms in total. The molecule has 9 aromatic rings. The second kappa shape index (κ2) is 13.6. The van der Waals surface area contributed by atoms with Gasteiger partial charge in [0.25, 0.3) is 0 Å². The Hall–Kier alpha value is -6.90. The van der Waals surface area contributed by atoms with Gasteiger partial charge in [-0.25, -0.2) is 0 Å². The summed E-state index contributed by atoms with van der Waals surface area (Å²) >= 11 is 0. The van der Waals surface area contributed by atoms with Gasteiger partial charge in [-0.3, -0.25) is 0 Å². The average molecular weight is 692 g/mol. The van der Waals surface area contributed by atoms with Crippen molar-refractivity contribution in [1.29, 1.82) is 0 Å². The van der Waals surface area contributed by atoms with Crippen LogP contribution in [0.3, 0.4) is 0 Å². The summed E-state index contributed by atoms with van der Waals surface area (Å²) < 4.78 is 6.66. The third kappa shape index (κ3) is 5.79. The lowest BCUT2D eigenvalue weighted by Crippen LogP contribution is -2.17. The first kappa shape index (κ1) is 31.8. The van der Waals surface area contributed by atoms with Crippen molar-refractivity contribution >= 4 is 49.7 Å². The molecule has 0 bridgehead atoms. The molecular formula is C52H37NO. The van der Waals surface area contributed by atoms with E-state index in [1.54, 1.807) is 0 Å². The van der Waals surface area contributed by atoms with Crippen LogP contribution in [0.4, 0.5) is 11.4 Å². The van der Waals surface area contributed by atoms with Crippen molar-refractivity contribution in [3.63, 3.8) is 0 Å². The number of fused-ring (bicyclic) bond motifs is 5. The topological polar surface area (TPSA) is 16.4 Å². The Morgan fingerprint density at radius 2 is 0.926 bits per heavy atom. The van der Waals surface area contributed by atoms with Crippen LogP contribution in [0.1, 0.15) is 18.4 Å². The molecule has 8 aromatic carbocycles. The van der Waals surface area contributed by atoms with E-state index < -0.39 is 0 Å². The predicted octanol–water partition coefficient (Wildman–Crippen LogP) is 14.6. The van der Waals surface area contributed by atoms with Crippen molar-refractivity contribution in [1.82, 2.24) is 0 Å². The van der Waals surface area contributed by atoms with Crippen molar-refractivity contribution in [3.05, 3.63) is 211 Å². The molecule has 0 radical (unpaired) electrons. The highest BCUT2D eigenvalue weighted by Crippen LogP contribution is 2.42. The van der Waals surface area contributed by atoms with Crippen molar-refractivity contribution in [2.45, 2.75) is 12.8 Å². The zero-order valence-corrected chi connectivity index (χ0v) is 29.8. The van der Waals surface area contributed by atoms with Crippen LogP contribution in [0.25, 0.3) is 71.7 Å². The van der Waals surface area contributed by atoms with Gasteiger partial charge >= 0.3 is 0 Å². The van der Waals surface area contributed by atoms with Crippen LogP contribution in [-0.2, 0) is 0 Å². The minimum Gasteiger partial charge on any atom is -0.455 e. The van der Waals surface area contributed by atoms with Gasteiger partial charge in [-0.1, -0.05) is 152 Å². The highest BCUT2D eigenvalue weighted by Gasteiger charge is 2.19. The number of allylic oxidation sites excluding steroid dienone is 4. The molecule has 0 saturated carbocycles. The molecule has 10 rings (SSSR count). The molecule has 0 spiro atoms.